The summed E-state index contributed by atoms with van der Waals surface area (Å²) >= 11 is 3.62. The minimum atomic E-state index is 1.14. The maximum Gasteiger partial charge on any atom is 0.0124 e. The number of aryl methyl sites for hydroxylation is 8. The van der Waals surface area contributed by atoms with Gasteiger partial charge in [0.2, 0.25) is 0 Å². The predicted octanol–water partition coefficient (Wildman–Crippen LogP) is 13.0. The first kappa shape index (κ1) is 34.9. The molecule has 0 aliphatic heterocycles. The number of rotatable bonds is 7. The van der Waals surface area contributed by atoms with E-state index in [9.17, 15) is 0 Å². The largest absolute Gasteiger partial charge is 0.0901 e. The quantitative estimate of drug-likeness (QED) is 0.171. The van der Waals surface area contributed by atoms with E-state index in [1.807, 2.05) is 11.8 Å². The number of benzene rings is 6. The summed E-state index contributed by atoms with van der Waals surface area (Å²) in [7, 11) is 0. The highest BCUT2D eigenvalue weighted by atomic mass is 32.2. The Bertz CT molecular complexity index is 1680. The van der Waals surface area contributed by atoms with E-state index in [4.69, 9.17) is 0 Å². The molecule has 0 atom stereocenters. The lowest BCUT2D eigenvalue weighted by Crippen LogP contribution is -1.95. The van der Waals surface area contributed by atoms with Gasteiger partial charge in [-0.05, 0) is 125 Å². The minimum absolute atomic E-state index is 1.14. The van der Waals surface area contributed by atoms with Crippen LogP contribution in [0.25, 0.3) is 0 Å². The van der Waals surface area contributed by atoms with Crippen LogP contribution in [0.4, 0.5) is 0 Å². The van der Waals surface area contributed by atoms with Crippen LogP contribution < -0.4 is 0 Å². The third-order valence-electron chi connectivity index (χ3n) is 7.71. The van der Waals surface area contributed by atoms with Crippen molar-refractivity contribution in [1.82, 2.24) is 0 Å². The van der Waals surface area contributed by atoms with Crippen LogP contribution in [-0.2, 0) is 12.8 Å². The van der Waals surface area contributed by atoms with Crippen LogP contribution in [0.15, 0.2) is 165 Å². The van der Waals surface area contributed by atoms with E-state index < -0.39 is 0 Å². The Morgan fingerprint density at radius 1 is 0.326 bits per heavy atom. The Morgan fingerprint density at radius 2 is 0.696 bits per heavy atom. The van der Waals surface area contributed by atoms with Crippen LogP contribution in [0.3, 0.4) is 0 Å². The molecule has 0 saturated heterocycles. The molecule has 0 aliphatic carbocycles. The molecule has 0 nitrogen and oxygen atoms in total. The normalized spacial score (nSPS) is 10.3. The zero-order chi connectivity index (χ0) is 32.7. The Morgan fingerprint density at radius 3 is 1.07 bits per heavy atom. The lowest BCUT2D eigenvalue weighted by Gasteiger charge is -2.07. The molecule has 0 amide bonds. The molecule has 46 heavy (non-hydrogen) atoms. The average molecular weight is 639 g/mol. The van der Waals surface area contributed by atoms with E-state index >= 15 is 0 Å². The SMILES string of the molecule is Cc1ccc(Sc2ccc(C)cc2)cc1.Cc1ccc(Sc2cccc(C)c2)cc1.Cc1ccccc1CCc1ccccc1C. The fourth-order valence-corrected chi connectivity index (χ4v) is 6.57. The lowest BCUT2D eigenvalue weighted by molar-refractivity contribution is 0.939. The summed E-state index contributed by atoms with van der Waals surface area (Å²) in [5.41, 5.74) is 11.0. The topological polar surface area (TPSA) is 0 Å². The van der Waals surface area contributed by atoms with Crippen LogP contribution in [0, 0.1) is 41.5 Å². The van der Waals surface area contributed by atoms with Crippen molar-refractivity contribution in [3.63, 3.8) is 0 Å². The third kappa shape index (κ3) is 12.1. The molecule has 0 fully saturated rings. The number of hydrogen-bond acceptors (Lipinski definition) is 2. The Kier molecular flexibility index (Phi) is 13.8. The van der Waals surface area contributed by atoms with Crippen molar-refractivity contribution >= 4 is 23.5 Å². The molecule has 6 aromatic carbocycles. The van der Waals surface area contributed by atoms with Gasteiger partial charge in [0, 0.05) is 19.6 Å². The first-order valence-corrected chi connectivity index (χ1v) is 17.6. The summed E-state index contributed by atoms with van der Waals surface area (Å²) in [6.45, 7) is 12.8. The smallest absolute Gasteiger partial charge is 0.0124 e. The van der Waals surface area contributed by atoms with Crippen molar-refractivity contribution in [1.29, 1.82) is 0 Å². The van der Waals surface area contributed by atoms with Gasteiger partial charge in [0.1, 0.15) is 0 Å². The van der Waals surface area contributed by atoms with Crippen LogP contribution in [0.1, 0.15) is 44.5 Å². The van der Waals surface area contributed by atoms with Crippen molar-refractivity contribution in [3.8, 4) is 0 Å². The molecular weight excluding hydrogens is 593 g/mol. The van der Waals surface area contributed by atoms with Gasteiger partial charge in [0.25, 0.3) is 0 Å². The second-order valence-corrected chi connectivity index (χ2v) is 14.1. The molecule has 0 aromatic heterocycles. The third-order valence-corrected chi connectivity index (χ3v) is 9.72. The zero-order valence-electron chi connectivity index (χ0n) is 28.1. The second kappa shape index (κ2) is 18.2. The van der Waals surface area contributed by atoms with Gasteiger partial charge < -0.3 is 0 Å². The molecular formula is C44H46S2. The predicted molar refractivity (Wildman–Crippen MR) is 203 cm³/mol. The standard InChI is InChI=1S/C16H18.2C14H14S/c1-13-7-3-5-9-15(13)11-12-16-10-6-4-8-14(16)2;1-11-3-7-13(8-4-11)15-14-9-5-12(2)6-10-14;1-11-6-8-13(9-7-11)15-14-5-3-4-12(2)10-14/h3-10H,11-12H2,1-2H3;2*3-10H,1-2H3. The van der Waals surface area contributed by atoms with E-state index in [0.29, 0.717) is 0 Å². The summed E-state index contributed by atoms with van der Waals surface area (Å²) in [6.07, 6.45) is 2.27. The molecule has 234 valence electrons. The molecule has 2 heteroatoms. The van der Waals surface area contributed by atoms with E-state index in [2.05, 4.69) is 187 Å². The highest BCUT2D eigenvalue weighted by Gasteiger charge is 2.01. The fourth-order valence-electron chi connectivity index (χ4n) is 4.82. The molecule has 0 bridgehead atoms. The van der Waals surface area contributed by atoms with Crippen LogP contribution in [0.5, 0.6) is 0 Å². The van der Waals surface area contributed by atoms with Crippen LogP contribution in [-0.4, -0.2) is 0 Å². The van der Waals surface area contributed by atoms with E-state index in [1.54, 1.807) is 11.8 Å². The van der Waals surface area contributed by atoms with Gasteiger partial charge in [-0.15, -0.1) is 0 Å². The zero-order valence-corrected chi connectivity index (χ0v) is 29.7. The first-order valence-electron chi connectivity index (χ1n) is 16.0. The van der Waals surface area contributed by atoms with Crippen molar-refractivity contribution in [2.45, 2.75) is 74.0 Å². The van der Waals surface area contributed by atoms with Gasteiger partial charge in [-0.1, -0.05) is 143 Å². The Labute approximate surface area is 286 Å². The Hall–Kier alpha value is -3.98. The summed E-state index contributed by atoms with van der Waals surface area (Å²) < 4.78 is 0. The summed E-state index contributed by atoms with van der Waals surface area (Å²) in [5.74, 6) is 0. The molecule has 6 rings (SSSR count). The van der Waals surface area contributed by atoms with Gasteiger partial charge in [0.05, 0.1) is 0 Å². The minimum Gasteiger partial charge on any atom is -0.0901 e. The average Bonchev–Trinajstić information content (AvgIpc) is 3.05. The molecule has 0 aliphatic rings. The maximum absolute atomic E-state index is 2.23. The van der Waals surface area contributed by atoms with Gasteiger partial charge >= 0.3 is 0 Å². The van der Waals surface area contributed by atoms with E-state index in [1.165, 1.54) is 64.1 Å². The monoisotopic (exact) mass is 638 g/mol. The molecule has 6 aromatic rings. The van der Waals surface area contributed by atoms with Gasteiger partial charge in [-0.25, -0.2) is 0 Å². The van der Waals surface area contributed by atoms with Gasteiger partial charge in [0.15, 0.2) is 0 Å². The van der Waals surface area contributed by atoms with Gasteiger partial charge in [-0.2, -0.15) is 0 Å². The van der Waals surface area contributed by atoms with E-state index in [0.717, 1.165) is 12.8 Å². The molecule has 0 saturated carbocycles. The van der Waals surface area contributed by atoms with Crippen LogP contribution in [0.2, 0.25) is 0 Å². The lowest BCUT2D eigenvalue weighted by atomic mass is 9.98. The number of hydrogen-bond donors (Lipinski definition) is 0. The van der Waals surface area contributed by atoms with E-state index in [-0.39, 0.29) is 0 Å². The highest BCUT2D eigenvalue weighted by molar-refractivity contribution is 7.99. The summed E-state index contributed by atoms with van der Waals surface area (Å²) in [4.78, 5) is 5.19. The Balaban J connectivity index is 0.000000157. The van der Waals surface area contributed by atoms with Gasteiger partial charge in [-0.3, -0.25) is 0 Å². The van der Waals surface area contributed by atoms with Crippen molar-refractivity contribution < 1.29 is 0 Å². The first-order chi connectivity index (χ1) is 22.2. The molecule has 0 radical (unpaired) electrons. The molecule has 0 N–H and O–H groups in total. The molecule has 0 spiro atoms. The van der Waals surface area contributed by atoms with Crippen molar-refractivity contribution in [3.05, 3.63) is 190 Å². The molecule has 0 unspecified atom stereocenters. The maximum atomic E-state index is 2.23. The second-order valence-electron chi connectivity index (χ2n) is 11.8. The van der Waals surface area contributed by atoms with Crippen molar-refractivity contribution in [2.24, 2.45) is 0 Å². The fraction of sp³-hybridized carbons (Fsp3) is 0.182. The van der Waals surface area contributed by atoms with Crippen molar-refractivity contribution in [2.75, 3.05) is 0 Å². The highest BCUT2D eigenvalue weighted by Crippen LogP contribution is 2.29. The molecule has 0 heterocycles. The summed E-state index contributed by atoms with van der Waals surface area (Å²) in [5, 5.41) is 0. The van der Waals surface area contributed by atoms with Crippen LogP contribution >= 0.6 is 23.5 Å². The summed E-state index contributed by atoms with van der Waals surface area (Å²) in [6, 6.07) is 51.8.